The minimum Gasteiger partial charge on any atom is -0.494 e. The van der Waals surface area contributed by atoms with Gasteiger partial charge in [0.2, 0.25) is 11.1 Å². The average Bonchev–Trinajstić information content (AvgIpc) is 3.21. The van der Waals surface area contributed by atoms with Crippen LogP contribution < -0.4 is 9.47 Å². The molecule has 158 valence electrons. The molecule has 2 aromatic carbocycles. The number of aromatic nitrogens is 4. The molecule has 3 aromatic rings. The van der Waals surface area contributed by atoms with Crippen molar-refractivity contribution in [2.75, 3.05) is 26.5 Å². The molecule has 0 aliphatic carbocycles. The van der Waals surface area contributed by atoms with E-state index in [2.05, 4.69) is 15.5 Å². The Hall–Kier alpha value is -3.14. The van der Waals surface area contributed by atoms with Crippen LogP contribution in [0.4, 0.5) is 4.39 Å². The van der Waals surface area contributed by atoms with Crippen LogP contribution in [0.5, 0.6) is 11.5 Å². The van der Waals surface area contributed by atoms with Gasteiger partial charge in [0.1, 0.15) is 11.4 Å². The van der Waals surface area contributed by atoms with Crippen LogP contribution in [0.25, 0.3) is 5.69 Å². The van der Waals surface area contributed by atoms with E-state index in [1.807, 2.05) is 31.2 Å². The van der Waals surface area contributed by atoms with Crippen LogP contribution in [0.1, 0.15) is 12.5 Å². The van der Waals surface area contributed by atoms with Crippen molar-refractivity contribution in [2.24, 2.45) is 0 Å². The molecule has 0 saturated heterocycles. The van der Waals surface area contributed by atoms with Gasteiger partial charge in [-0.05, 0) is 47.2 Å². The standard InChI is InChI=1S/C20H22FN5O3S/c1-4-29-18-8-6-5-7-16(18)26-20(22-23-24-26)30-13-19(27)25(2)12-14-9-10-17(28-3)15(21)11-14/h5-11H,4,12-13H2,1-3H3. The Labute approximate surface area is 178 Å². The molecule has 0 bridgehead atoms. The summed E-state index contributed by atoms with van der Waals surface area (Å²) in [4.78, 5) is 14.1. The summed E-state index contributed by atoms with van der Waals surface area (Å²) in [5.41, 5.74) is 1.37. The van der Waals surface area contributed by atoms with Gasteiger partial charge in [0.15, 0.2) is 11.6 Å². The second-order valence-corrected chi connectivity index (χ2v) is 7.22. The lowest BCUT2D eigenvalue weighted by Gasteiger charge is -2.17. The Bertz CT molecular complexity index is 1010. The zero-order chi connectivity index (χ0) is 21.5. The van der Waals surface area contributed by atoms with E-state index >= 15 is 0 Å². The number of para-hydroxylation sites is 2. The van der Waals surface area contributed by atoms with E-state index in [0.717, 1.165) is 0 Å². The van der Waals surface area contributed by atoms with Crippen molar-refractivity contribution in [3.63, 3.8) is 0 Å². The highest BCUT2D eigenvalue weighted by atomic mass is 32.2. The summed E-state index contributed by atoms with van der Waals surface area (Å²) in [6.07, 6.45) is 0. The number of benzene rings is 2. The fourth-order valence-electron chi connectivity index (χ4n) is 2.74. The summed E-state index contributed by atoms with van der Waals surface area (Å²) in [5, 5.41) is 12.2. The highest BCUT2D eigenvalue weighted by molar-refractivity contribution is 7.99. The van der Waals surface area contributed by atoms with E-state index in [9.17, 15) is 9.18 Å². The lowest BCUT2D eigenvalue weighted by Crippen LogP contribution is -2.28. The molecule has 0 radical (unpaired) electrons. The van der Waals surface area contributed by atoms with Gasteiger partial charge in [0, 0.05) is 13.6 Å². The van der Waals surface area contributed by atoms with Crippen molar-refractivity contribution in [2.45, 2.75) is 18.6 Å². The molecule has 0 N–H and O–H groups in total. The number of carbonyl (C=O) groups excluding carboxylic acids is 1. The average molecular weight is 431 g/mol. The Kier molecular flexibility index (Phi) is 7.23. The van der Waals surface area contributed by atoms with Crippen LogP contribution in [0.3, 0.4) is 0 Å². The summed E-state index contributed by atoms with van der Waals surface area (Å²) >= 11 is 1.22. The number of carbonyl (C=O) groups is 1. The SMILES string of the molecule is CCOc1ccccc1-n1nnnc1SCC(=O)N(C)Cc1ccc(OC)c(F)c1. The predicted molar refractivity (Wildman–Crippen MR) is 110 cm³/mol. The summed E-state index contributed by atoms with van der Waals surface area (Å²) in [6, 6.07) is 12.0. The summed E-state index contributed by atoms with van der Waals surface area (Å²) < 4.78 is 26.0. The Balaban J connectivity index is 1.64. The first-order valence-electron chi connectivity index (χ1n) is 9.23. The van der Waals surface area contributed by atoms with Crippen LogP contribution in [0.2, 0.25) is 0 Å². The van der Waals surface area contributed by atoms with Crippen molar-refractivity contribution in [3.05, 3.63) is 53.8 Å². The third-order valence-electron chi connectivity index (χ3n) is 4.22. The van der Waals surface area contributed by atoms with Gasteiger partial charge in [-0.3, -0.25) is 4.79 Å². The topological polar surface area (TPSA) is 82.4 Å². The maximum absolute atomic E-state index is 13.9. The number of methoxy groups -OCH3 is 1. The van der Waals surface area contributed by atoms with Gasteiger partial charge in [0.05, 0.1) is 19.5 Å². The first-order chi connectivity index (χ1) is 14.5. The number of thioether (sulfide) groups is 1. The lowest BCUT2D eigenvalue weighted by atomic mass is 10.2. The van der Waals surface area contributed by atoms with Crippen LogP contribution in [-0.4, -0.2) is 57.5 Å². The molecule has 0 spiro atoms. The zero-order valence-corrected chi connectivity index (χ0v) is 17.7. The molecule has 1 aromatic heterocycles. The van der Waals surface area contributed by atoms with Crippen LogP contribution in [0.15, 0.2) is 47.6 Å². The molecular weight excluding hydrogens is 409 g/mol. The Morgan fingerprint density at radius 2 is 2.03 bits per heavy atom. The fraction of sp³-hybridized carbons (Fsp3) is 0.300. The second kappa shape index (κ2) is 10.1. The van der Waals surface area contributed by atoms with E-state index < -0.39 is 5.82 Å². The van der Waals surface area contributed by atoms with E-state index in [4.69, 9.17) is 9.47 Å². The van der Waals surface area contributed by atoms with Crippen LogP contribution >= 0.6 is 11.8 Å². The van der Waals surface area contributed by atoms with E-state index in [1.54, 1.807) is 23.9 Å². The quantitative estimate of drug-likeness (QED) is 0.482. The maximum atomic E-state index is 13.9. The third-order valence-corrected chi connectivity index (χ3v) is 5.12. The first-order valence-corrected chi connectivity index (χ1v) is 10.2. The van der Waals surface area contributed by atoms with Gasteiger partial charge in [-0.1, -0.05) is 30.0 Å². The number of ether oxygens (including phenoxy) is 2. The van der Waals surface area contributed by atoms with E-state index in [1.165, 1.54) is 29.8 Å². The van der Waals surface area contributed by atoms with Crippen molar-refractivity contribution in [1.29, 1.82) is 0 Å². The third kappa shape index (κ3) is 5.07. The highest BCUT2D eigenvalue weighted by Gasteiger charge is 2.17. The van der Waals surface area contributed by atoms with Crippen LogP contribution in [-0.2, 0) is 11.3 Å². The van der Waals surface area contributed by atoms with Gasteiger partial charge < -0.3 is 14.4 Å². The van der Waals surface area contributed by atoms with E-state index in [-0.39, 0.29) is 24.0 Å². The number of hydrogen-bond donors (Lipinski definition) is 0. The molecule has 0 atom stereocenters. The van der Waals surface area contributed by atoms with Crippen molar-refractivity contribution in [3.8, 4) is 17.2 Å². The molecule has 0 aliphatic heterocycles. The minimum atomic E-state index is -0.461. The van der Waals surface area contributed by atoms with E-state index in [0.29, 0.717) is 28.8 Å². The molecule has 0 fully saturated rings. The molecule has 8 nitrogen and oxygen atoms in total. The number of nitrogens with zero attached hydrogens (tertiary/aromatic N) is 5. The van der Waals surface area contributed by atoms with Crippen LogP contribution in [0, 0.1) is 5.82 Å². The monoisotopic (exact) mass is 431 g/mol. The fourth-order valence-corrected chi connectivity index (χ4v) is 3.56. The second-order valence-electron chi connectivity index (χ2n) is 6.28. The number of halogens is 1. The number of tetrazole rings is 1. The molecule has 0 unspecified atom stereocenters. The summed E-state index contributed by atoms with van der Waals surface area (Å²) in [5.74, 6) is 0.356. The first kappa shape index (κ1) is 21.6. The number of amides is 1. The van der Waals surface area contributed by atoms with Gasteiger partial charge in [-0.2, -0.15) is 4.68 Å². The molecule has 10 heteroatoms. The minimum absolute atomic E-state index is 0.131. The zero-order valence-electron chi connectivity index (χ0n) is 16.9. The maximum Gasteiger partial charge on any atom is 0.233 e. The summed E-state index contributed by atoms with van der Waals surface area (Å²) in [6.45, 7) is 2.69. The Morgan fingerprint density at radius 3 is 2.77 bits per heavy atom. The predicted octanol–water partition coefficient (Wildman–Crippen LogP) is 2.96. The molecule has 0 aliphatic rings. The largest absolute Gasteiger partial charge is 0.494 e. The van der Waals surface area contributed by atoms with Crippen molar-refractivity contribution in [1.82, 2.24) is 25.1 Å². The van der Waals surface area contributed by atoms with Gasteiger partial charge >= 0.3 is 0 Å². The molecule has 1 amide bonds. The normalized spacial score (nSPS) is 10.7. The molecule has 3 rings (SSSR count). The number of rotatable bonds is 9. The van der Waals surface area contributed by atoms with Crippen molar-refractivity contribution >= 4 is 17.7 Å². The number of hydrogen-bond acceptors (Lipinski definition) is 7. The smallest absolute Gasteiger partial charge is 0.233 e. The molecule has 0 saturated carbocycles. The summed E-state index contributed by atoms with van der Waals surface area (Å²) in [7, 11) is 3.07. The molecule has 1 heterocycles. The lowest BCUT2D eigenvalue weighted by molar-refractivity contribution is -0.127. The molecular formula is C20H22FN5O3S. The highest BCUT2D eigenvalue weighted by Crippen LogP contribution is 2.26. The van der Waals surface area contributed by atoms with Gasteiger partial charge in [-0.15, -0.1) is 5.10 Å². The Morgan fingerprint density at radius 1 is 1.23 bits per heavy atom. The van der Waals surface area contributed by atoms with Crippen molar-refractivity contribution < 1.29 is 18.7 Å². The van der Waals surface area contributed by atoms with Gasteiger partial charge in [0.25, 0.3) is 0 Å². The van der Waals surface area contributed by atoms with Gasteiger partial charge in [-0.25, -0.2) is 4.39 Å². The molecule has 30 heavy (non-hydrogen) atoms.